The molecule has 2 aromatic carbocycles. The molecule has 1 aromatic heterocycles. The Labute approximate surface area is 151 Å². The van der Waals surface area contributed by atoms with Gasteiger partial charge in [-0.1, -0.05) is 5.10 Å². The summed E-state index contributed by atoms with van der Waals surface area (Å²) in [5, 5.41) is 20.8. The topological polar surface area (TPSA) is 130 Å². The minimum Gasteiger partial charge on any atom is -0.486 e. The molecule has 0 saturated heterocycles. The van der Waals surface area contributed by atoms with Crippen LogP contribution in [0.4, 0.5) is 11.7 Å². The Balaban J connectivity index is 1.49. The van der Waals surface area contributed by atoms with Crippen LogP contribution in [0.25, 0.3) is 11.5 Å². The van der Waals surface area contributed by atoms with Gasteiger partial charge in [-0.3, -0.25) is 20.2 Å². The molecule has 4 rings (SSSR count). The molecule has 1 amide bonds. The number of carbonyl (C=O) groups excluding carboxylic acids is 1. The molecule has 0 radical (unpaired) electrons. The van der Waals surface area contributed by atoms with E-state index >= 15 is 0 Å². The third-order valence-corrected chi connectivity index (χ3v) is 3.77. The van der Waals surface area contributed by atoms with Crippen molar-refractivity contribution in [2.75, 3.05) is 18.5 Å². The number of nitro groups is 1. The second-order valence-electron chi connectivity index (χ2n) is 5.53. The van der Waals surface area contributed by atoms with E-state index in [1.165, 1.54) is 24.3 Å². The fourth-order valence-corrected chi connectivity index (χ4v) is 2.47. The van der Waals surface area contributed by atoms with Crippen LogP contribution in [0.15, 0.2) is 46.9 Å². The van der Waals surface area contributed by atoms with Crippen LogP contribution in [-0.2, 0) is 0 Å². The first-order valence-corrected chi connectivity index (χ1v) is 7.89. The van der Waals surface area contributed by atoms with Gasteiger partial charge in [0.1, 0.15) is 13.2 Å². The molecule has 0 saturated carbocycles. The Morgan fingerprint density at radius 3 is 2.52 bits per heavy atom. The van der Waals surface area contributed by atoms with Gasteiger partial charge < -0.3 is 13.9 Å². The molecule has 0 fully saturated rings. The Hall–Kier alpha value is -3.95. The van der Waals surface area contributed by atoms with Crippen LogP contribution in [0.5, 0.6) is 11.5 Å². The van der Waals surface area contributed by atoms with Gasteiger partial charge >= 0.3 is 6.01 Å². The summed E-state index contributed by atoms with van der Waals surface area (Å²) in [5.74, 6) is 0.887. The number of ether oxygens (including phenoxy) is 2. The summed E-state index contributed by atoms with van der Waals surface area (Å²) in [7, 11) is 0. The van der Waals surface area contributed by atoms with E-state index in [-0.39, 0.29) is 23.2 Å². The molecule has 2 heterocycles. The zero-order valence-corrected chi connectivity index (χ0v) is 13.7. The minimum absolute atomic E-state index is 0.0942. The maximum Gasteiger partial charge on any atom is 0.322 e. The molecule has 0 aliphatic carbocycles. The zero-order valence-electron chi connectivity index (χ0n) is 13.7. The van der Waals surface area contributed by atoms with Gasteiger partial charge in [-0.25, -0.2) is 0 Å². The molecule has 1 N–H and O–H groups in total. The molecular formula is C17H12N4O6. The van der Waals surface area contributed by atoms with Crippen LogP contribution in [0.1, 0.15) is 10.4 Å². The van der Waals surface area contributed by atoms with E-state index in [0.717, 1.165) is 0 Å². The number of nitrogens with one attached hydrogen (secondary N) is 1. The number of anilines is 1. The van der Waals surface area contributed by atoms with Gasteiger partial charge in [0.2, 0.25) is 5.89 Å². The number of hydrogen-bond donors (Lipinski definition) is 1. The van der Waals surface area contributed by atoms with Gasteiger partial charge in [-0.05, 0) is 30.3 Å². The van der Waals surface area contributed by atoms with E-state index < -0.39 is 10.8 Å². The van der Waals surface area contributed by atoms with Gasteiger partial charge in [0.05, 0.1) is 4.92 Å². The summed E-state index contributed by atoms with van der Waals surface area (Å²) >= 11 is 0. The number of nitrogens with zero attached hydrogens (tertiary/aromatic N) is 3. The zero-order chi connectivity index (χ0) is 18.8. The van der Waals surface area contributed by atoms with Crippen LogP contribution < -0.4 is 14.8 Å². The smallest absolute Gasteiger partial charge is 0.322 e. The lowest BCUT2D eigenvalue weighted by molar-refractivity contribution is -0.384. The van der Waals surface area contributed by atoms with Crippen LogP contribution in [0.2, 0.25) is 0 Å². The molecule has 1 aliphatic rings. The number of amides is 1. The summed E-state index contributed by atoms with van der Waals surface area (Å²) in [4.78, 5) is 22.3. The quantitative estimate of drug-likeness (QED) is 0.549. The lowest BCUT2D eigenvalue weighted by Gasteiger charge is -2.18. The van der Waals surface area contributed by atoms with Crippen molar-refractivity contribution in [3.05, 3.63) is 58.1 Å². The highest BCUT2D eigenvalue weighted by Crippen LogP contribution is 2.34. The van der Waals surface area contributed by atoms with Crippen LogP contribution in [0.3, 0.4) is 0 Å². The van der Waals surface area contributed by atoms with Crippen LogP contribution in [0, 0.1) is 10.1 Å². The summed E-state index contributed by atoms with van der Waals surface area (Å²) in [6.07, 6.45) is 0. The van der Waals surface area contributed by atoms with Gasteiger partial charge in [0, 0.05) is 23.3 Å². The van der Waals surface area contributed by atoms with E-state index in [9.17, 15) is 14.9 Å². The Morgan fingerprint density at radius 2 is 1.78 bits per heavy atom. The first kappa shape index (κ1) is 16.5. The highest BCUT2D eigenvalue weighted by Gasteiger charge is 2.17. The Bertz CT molecular complexity index is 1010. The van der Waals surface area contributed by atoms with Crippen molar-refractivity contribution < 1.29 is 23.6 Å². The van der Waals surface area contributed by atoms with Crippen LogP contribution in [-0.4, -0.2) is 34.2 Å². The van der Waals surface area contributed by atoms with Gasteiger partial charge in [-0.15, -0.1) is 5.10 Å². The SMILES string of the molecule is O=C(Nc1nnc(-c2ccc3c(c2)OCCO3)o1)c1ccc([N+](=O)[O-])cc1. The van der Waals surface area contributed by atoms with E-state index in [0.29, 0.717) is 30.3 Å². The number of non-ortho nitro benzene ring substituents is 1. The number of hydrogen-bond acceptors (Lipinski definition) is 8. The standard InChI is InChI=1S/C17H12N4O6/c22-15(10-1-4-12(5-2-10)21(23)24)18-17-20-19-16(27-17)11-3-6-13-14(9-11)26-8-7-25-13/h1-6,9H,7-8H2,(H,18,20,22). The highest BCUT2D eigenvalue weighted by atomic mass is 16.6. The predicted octanol–water partition coefficient (Wildman–Crippen LogP) is 2.67. The third kappa shape index (κ3) is 3.40. The van der Waals surface area contributed by atoms with Gasteiger partial charge in [0.25, 0.3) is 11.6 Å². The molecule has 0 atom stereocenters. The maximum atomic E-state index is 12.2. The van der Waals surface area contributed by atoms with Gasteiger partial charge in [0.15, 0.2) is 11.5 Å². The maximum absolute atomic E-state index is 12.2. The molecule has 3 aromatic rings. The number of carbonyl (C=O) groups is 1. The third-order valence-electron chi connectivity index (χ3n) is 3.77. The van der Waals surface area contributed by atoms with Crippen molar-refractivity contribution in [1.29, 1.82) is 0 Å². The average molecular weight is 368 g/mol. The molecule has 0 spiro atoms. The van der Waals surface area contributed by atoms with Crippen molar-refractivity contribution >= 4 is 17.6 Å². The van der Waals surface area contributed by atoms with Crippen molar-refractivity contribution in [3.8, 4) is 23.0 Å². The van der Waals surface area contributed by atoms with Crippen molar-refractivity contribution in [3.63, 3.8) is 0 Å². The van der Waals surface area contributed by atoms with Crippen LogP contribution >= 0.6 is 0 Å². The normalized spacial score (nSPS) is 12.4. The second-order valence-corrected chi connectivity index (χ2v) is 5.53. The Kier molecular flexibility index (Phi) is 4.13. The number of fused-ring (bicyclic) bond motifs is 1. The van der Waals surface area contributed by atoms with Crippen molar-refractivity contribution in [2.45, 2.75) is 0 Å². The van der Waals surface area contributed by atoms with E-state index in [4.69, 9.17) is 13.9 Å². The lowest BCUT2D eigenvalue weighted by Crippen LogP contribution is -2.15. The van der Waals surface area contributed by atoms with E-state index in [1.807, 2.05) is 0 Å². The monoisotopic (exact) mass is 368 g/mol. The first-order chi connectivity index (χ1) is 13.1. The second kappa shape index (κ2) is 6.75. The fraction of sp³-hybridized carbons (Fsp3) is 0.118. The summed E-state index contributed by atoms with van der Waals surface area (Å²) in [6.45, 7) is 0.947. The first-order valence-electron chi connectivity index (χ1n) is 7.89. The van der Waals surface area contributed by atoms with Crippen molar-refractivity contribution in [1.82, 2.24) is 10.2 Å². The molecule has 27 heavy (non-hydrogen) atoms. The Morgan fingerprint density at radius 1 is 1.04 bits per heavy atom. The van der Waals surface area contributed by atoms with Crippen molar-refractivity contribution in [2.24, 2.45) is 0 Å². The number of benzene rings is 2. The van der Waals surface area contributed by atoms with E-state index in [2.05, 4.69) is 15.5 Å². The average Bonchev–Trinajstić information content (AvgIpc) is 3.16. The summed E-state index contributed by atoms with van der Waals surface area (Å²) < 4.78 is 16.4. The molecule has 10 heteroatoms. The molecule has 0 unspecified atom stereocenters. The molecular weight excluding hydrogens is 356 g/mol. The predicted molar refractivity (Wildman–Crippen MR) is 91.8 cm³/mol. The summed E-state index contributed by atoms with van der Waals surface area (Å²) in [5.41, 5.74) is 0.729. The molecule has 10 nitrogen and oxygen atoms in total. The number of nitro benzene ring substituents is 1. The largest absolute Gasteiger partial charge is 0.486 e. The summed E-state index contributed by atoms with van der Waals surface area (Å²) in [6, 6.07) is 10.3. The minimum atomic E-state index is -0.542. The fourth-order valence-electron chi connectivity index (χ4n) is 2.47. The molecule has 136 valence electrons. The number of rotatable bonds is 4. The number of aromatic nitrogens is 2. The van der Waals surface area contributed by atoms with E-state index in [1.54, 1.807) is 18.2 Å². The molecule has 0 bridgehead atoms. The van der Waals surface area contributed by atoms with Gasteiger partial charge in [-0.2, -0.15) is 0 Å². The lowest BCUT2D eigenvalue weighted by atomic mass is 10.2. The molecule has 1 aliphatic heterocycles. The highest BCUT2D eigenvalue weighted by molar-refractivity contribution is 6.03.